The van der Waals surface area contributed by atoms with E-state index in [-0.39, 0.29) is 22.0 Å². The van der Waals surface area contributed by atoms with Crippen LogP contribution in [0.25, 0.3) is 50.6 Å². The highest BCUT2D eigenvalue weighted by Crippen LogP contribution is 2.45. The third kappa shape index (κ3) is 6.98. The van der Waals surface area contributed by atoms with Crippen LogP contribution in [0.2, 0.25) is 19.6 Å². The second-order valence-corrected chi connectivity index (χ2v) is 23.8. The number of nitrogens with zero attached hydrogens (tertiary/aromatic N) is 4. The molecule has 0 bridgehead atoms. The maximum absolute atomic E-state index is 12.2. The Morgan fingerprint density at radius 1 is 0.673 bits per heavy atom. The summed E-state index contributed by atoms with van der Waals surface area (Å²) in [6, 6.07) is 23.9. The lowest BCUT2D eigenvalue weighted by Crippen LogP contribution is -2.37. The van der Waals surface area contributed by atoms with Crippen molar-refractivity contribution in [3.05, 3.63) is 107 Å². The molecule has 0 amide bonds. The molecule has 0 radical (unpaired) electrons. The SMILES string of the molecule is Cc1cccc(C)c1-n1c(-c2cc(C(C)(C)C)cc(C(C)(C)C)c2O)nc2c(-c3cc(-c4ccc([Si](C)(C)C)cn4)cc(C(C)(C)C)c3)nccc21. The number of phenols is 1. The number of aromatic nitrogens is 4. The number of para-hydroxylation sites is 1. The van der Waals surface area contributed by atoms with E-state index in [4.69, 9.17) is 15.0 Å². The summed E-state index contributed by atoms with van der Waals surface area (Å²) in [6.07, 6.45) is 3.95. The van der Waals surface area contributed by atoms with Crippen molar-refractivity contribution < 1.29 is 5.11 Å². The third-order valence-electron chi connectivity index (χ3n) is 10.3. The number of rotatable bonds is 5. The molecular weight excluding hydrogens is 653 g/mol. The lowest BCUT2D eigenvalue weighted by molar-refractivity contribution is 0.446. The molecular formula is C46H56N4OSi. The molecule has 52 heavy (non-hydrogen) atoms. The largest absolute Gasteiger partial charge is 0.507 e. The highest BCUT2D eigenvalue weighted by Gasteiger charge is 2.30. The van der Waals surface area contributed by atoms with Crippen LogP contribution in [0.1, 0.15) is 90.1 Å². The number of phenolic OH excluding ortho intramolecular Hbond substituents is 1. The highest BCUT2D eigenvalue weighted by atomic mass is 28.3. The quantitative estimate of drug-likeness (QED) is 0.181. The van der Waals surface area contributed by atoms with E-state index < -0.39 is 8.07 Å². The first-order valence-corrected chi connectivity index (χ1v) is 22.0. The van der Waals surface area contributed by atoms with Gasteiger partial charge in [0.05, 0.1) is 36.2 Å². The molecule has 0 spiro atoms. The second-order valence-electron chi connectivity index (χ2n) is 18.7. The first-order chi connectivity index (χ1) is 24.1. The van der Waals surface area contributed by atoms with Crippen LogP contribution in [0, 0.1) is 13.8 Å². The Bertz CT molecular complexity index is 2280. The molecule has 0 fully saturated rings. The number of imidazole rings is 1. The van der Waals surface area contributed by atoms with E-state index in [0.717, 1.165) is 67.1 Å². The van der Waals surface area contributed by atoms with E-state index in [2.05, 4.69) is 173 Å². The first-order valence-electron chi connectivity index (χ1n) is 18.5. The summed E-state index contributed by atoms with van der Waals surface area (Å²) in [5, 5.41) is 13.5. The van der Waals surface area contributed by atoms with Gasteiger partial charge in [-0.05, 0) is 93.9 Å². The fourth-order valence-electron chi connectivity index (χ4n) is 6.94. The van der Waals surface area contributed by atoms with Gasteiger partial charge in [-0.3, -0.25) is 14.5 Å². The van der Waals surface area contributed by atoms with Gasteiger partial charge in [-0.1, -0.05) is 112 Å². The summed E-state index contributed by atoms with van der Waals surface area (Å²) in [7, 11) is -1.49. The smallest absolute Gasteiger partial charge is 0.149 e. The Hall–Kier alpha value is -4.55. The van der Waals surface area contributed by atoms with Gasteiger partial charge in [-0.2, -0.15) is 0 Å². The number of fused-ring (bicyclic) bond motifs is 1. The van der Waals surface area contributed by atoms with Crippen molar-refractivity contribution in [2.75, 3.05) is 0 Å². The Morgan fingerprint density at radius 2 is 1.29 bits per heavy atom. The molecule has 0 aliphatic carbocycles. The van der Waals surface area contributed by atoms with Gasteiger partial charge in [0, 0.05) is 29.1 Å². The number of benzene rings is 3. The van der Waals surface area contributed by atoms with E-state index in [9.17, 15) is 5.11 Å². The van der Waals surface area contributed by atoms with Crippen molar-refractivity contribution in [1.82, 2.24) is 19.5 Å². The van der Waals surface area contributed by atoms with Gasteiger partial charge in [-0.15, -0.1) is 0 Å². The minimum atomic E-state index is -1.49. The van der Waals surface area contributed by atoms with Crippen molar-refractivity contribution in [2.45, 2.75) is 112 Å². The van der Waals surface area contributed by atoms with Gasteiger partial charge in [0.15, 0.2) is 0 Å². The molecule has 270 valence electrons. The normalized spacial score (nSPS) is 12.9. The van der Waals surface area contributed by atoms with Crippen molar-refractivity contribution in [3.63, 3.8) is 0 Å². The van der Waals surface area contributed by atoms with Crippen LogP contribution in [0.3, 0.4) is 0 Å². The molecule has 0 saturated heterocycles. The summed E-state index contributed by atoms with van der Waals surface area (Å²) in [5.41, 5.74) is 12.3. The molecule has 0 unspecified atom stereocenters. The van der Waals surface area contributed by atoms with Crippen LogP contribution in [-0.4, -0.2) is 32.7 Å². The number of pyridine rings is 2. The molecule has 0 saturated carbocycles. The van der Waals surface area contributed by atoms with Crippen molar-refractivity contribution in [1.29, 1.82) is 0 Å². The van der Waals surface area contributed by atoms with Gasteiger partial charge in [0.1, 0.15) is 17.1 Å². The summed E-state index contributed by atoms with van der Waals surface area (Å²) in [4.78, 5) is 15.5. The molecule has 5 nitrogen and oxygen atoms in total. The van der Waals surface area contributed by atoms with Gasteiger partial charge in [0.2, 0.25) is 0 Å². The van der Waals surface area contributed by atoms with Gasteiger partial charge >= 0.3 is 0 Å². The summed E-state index contributed by atoms with van der Waals surface area (Å²) >= 11 is 0. The van der Waals surface area contributed by atoms with E-state index in [1.807, 2.05) is 6.20 Å². The molecule has 0 aliphatic heterocycles. The Balaban J connectivity index is 1.70. The highest BCUT2D eigenvalue weighted by molar-refractivity contribution is 6.88. The van der Waals surface area contributed by atoms with Crippen LogP contribution >= 0.6 is 0 Å². The standard InChI is InChI=1S/C46H56N4OSi/c1-28-16-15-17-29(2)41(28)50-38-20-21-47-39(40(38)49-43(50)35-25-33(45(6,7)8)26-36(42(35)51)46(9,10)11)31-22-30(23-32(24-31)44(3,4)5)37-19-18-34(27-48-37)52(12,13)14/h15-27,51H,1-14H3. The molecule has 0 aliphatic rings. The molecule has 6 rings (SSSR count). The minimum Gasteiger partial charge on any atom is -0.507 e. The summed E-state index contributed by atoms with van der Waals surface area (Å²) < 4.78 is 2.24. The lowest BCUT2D eigenvalue weighted by Gasteiger charge is -2.27. The molecule has 3 aromatic heterocycles. The number of hydrogen-bond acceptors (Lipinski definition) is 4. The fourth-order valence-corrected chi connectivity index (χ4v) is 7.98. The van der Waals surface area contributed by atoms with Crippen LogP contribution in [0.4, 0.5) is 0 Å². The van der Waals surface area contributed by atoms with Crippen LogP contribution in [0.15, 0.2) is 79.1 Å². The number of aryl methyl sites for hydroxylation is 2. The molecule has 3 aromatic carbocycles. The first kappa shape index (κ1) is 37.2. The number of aromatic hydroxyl groups is 1. The van der Waals surface area contributed by atoms with Crippen LogP contribution < -0.4 is 5.19 Å². The second kappa shape index (κ2) is 12.8. The van der Waals surface area contributed by atoms with E-state index >= 15 is 0 Å². The number of hydrogen-bond donors (Lipinski definition) is 1. The van der Waals surface area contributed by atoms with Gasteiger partial charge in [-0.25, -0.2) is 4.98 Å². The topological polar surface area (TPSA) is 63.8 Å². The average Bonchev–Trinajstić information content (AvgIpc) is 3.42. The molecule has 3 heterocycles. The Morgan fingerprint density at radius 3 is 1.85 bits per heavy atom. The van der Waals surface area contributed by atoms with Crippen molar-refractivity contribution >= 4 is 24.3 Å². The monoisotopic (exact) mass is 708 g/mol. The van der Waals surface area contributed by atoms with E-state index in [1.54, 1.807) is 0 Å². The Labute approximate surface area is 312 Å². The minimum absolute atomic E-state index is 0.109. The molecule has 0 atom stereocenters. The lowest BCUT2D eigenvalue weighted by atomic mass is 9.79. The zero-order valence-corrected chi connectivity index (χ0v) is 34.7. The predicted molar refractivity (Wildman–Crippen MR) is 223 cm³/mol. The van der Waals surface area contributed by atoms with Crippen LogP contribution in [-0.2, 0) is 16.2 Å². The maximum atomic E-state index is 12.2. The summed E-state index contributed by atoms with van der Waals surface area (Å²) in [6.45, 7) is 31.2. The maximum Gasteiger partial charge on any atom is 0.149 e. The van der Waals surface area contributed by atoms with Gasteiger partial charge in [0.25, 0.3) is 0 Å². The third-order valence-corrected chi connectivity index (χ3v) is 12.3. The van der Waals surface area contributed by atoms with E-state index in [0.29, 0.717) is 5.82 Å². The summed E-state index contributed by atoms with van der Waals surface area (Å²) in [5.74, 6) is 0.967. The Kier molecular flexibility index (Phi) is 9.19. The van der Waals surface area contributed by atoms with Crippen molar-refractivity contribution in [2.24, 2.45) is 0 Å². The van der Waals surface area contributed by atoms with Crippen molar-refractivity contribution in [3.8, 4) is 45.3 Å². The predicted octanol–water partition coefficient (Wildman–Crippen LogP) is 11.6. The van der Waals surface area contributed by atoms with E-state index in [1.165, 1.54) is 10.8 Å². The fraction of sp³-hybridized carbons (Fsp3) is 0.370. The molecule has 6 heteroatoms. The zero-order chi connectivity index (χ0) is 38.1. The van der Waals surface area contributed by atoms with Crippen LogP contribution in [0.5, 0.6) is 5.75 Å². The van der Waals surface area contributed by atoms with Gasteiger partial charge < -0.3 is 5.11 Å². The zero-order valence-electron chi connectivity index (χ0n) is 33.7. The molecule has 6 aromatic rings. The molecule has 1 N–H and O–H groups in total. The average molecular weight is 709 g/mol.